The Hall–Kier alpha value is -2.22. The number of aromatic nitrogens is 2. The molecule has 164 valence electrons. The molecule has 0 amide bonds. The van der Waals surface area contributed by atoms with E-state index in [-0.39, 0.29) is 0 Å². The van der Waals surface area contributed by atoms with Crippen LogP contribution in [0, 0.1) is 13.8 Å². The molecular formula is C24H30N4O2S. The van der Waals surface area contributed by atoms with Crippen LogP contribution >= 0.6 is 11.3 Å². The molecular weight excluding hydrogens is 408 g/mol. The molecule has 0 aliphatic carbocycles. The Morgan fingerprint density at radius 3 is 2.45 bits per heavy atom. The van der Waals surface area contributed by atoms with E-state index in [0.29, 0.717) is 11.7 Å². The molecule has 2 aromatic heterocycles. The van der Waals surface area contributed by atoms with Gasteiger partial charge in [0.2, 0.25) is 0 Å². The number of ether oxygens (including phenoxy) is 1. The van der Waals surface area contributed by atoms with E-state index in [1.54, 1.807) is 23.5 Å². The standard InChI is InChI=1S/C24H30N4O2S/c1-16-17(2)31-24-22(16)23(25-21(26-24)15-27-11-13-30-14-12-27)28-9-7-19(8-10-28)18-3-5-20(29)6-4-18/h3-6,19,29H,7-15H2,1-2H3. The highest BCUT2D eigenvalue weighted by Gasteiger charge is 2.26. The van der Waals surface area contributed by atoms with E-state index in [1.807, 2.05) is 0 Å². The summed E-state index contributed by atoms with van der Waals surface area (Å²) in [7, 11) is 0. The SMILES string of the molecule is Cc1sc2nc(CN3CCOCC3)nc(N3CCC(c4ccc(O)cc4)CC3)c2c1C. The van der Waals surface area contributed by atoms with Crippen molar-refractivity contribution in [2.45, 2.75) is 39.2 Å². The highest BCUT2D eigenvalue weighted by molar-refractivity contribution is 7.18. The predicted octanol–water partition coefficient (Wildman–Crippen LogP) is 4.23. The van der Waals surface area contributed by atoms with Crippen molar-refractivity contribution in [2.75, 3.05) is 44.3 Å². The second-order valence-electron chi connectivity index (χ2n) is 8.67. The quantitative estimate of drug-likeness (QED) is 0.658. The normalized spacial score (nSPS) is 18.7. The summed E-state index contributed by atoms with van der Waals surface area (Å²) in [5.41, 5.74) is 2.63. The van der Waals surface area contributed by atoms with E-state index in [4.69, 9.17) is 14.7 Å². The number of piperidine rings is 1. The van der Waals surface area contributed by atoms with Gasteiger partial charge in [0, 0.05) is 31.1 Å². The third kappa shape index (κ3) is 4.27. The van der Waals surface area contributed by atoms with Crippen LogP contribution in [-0.4, -0.2) is 59.4 Å². The molecule has 7 heteroatoms. The maximum atomic E-state index is 9.59. The Balaban J connectivity index is 1.40. The van der Waals surface area contributed by atoms with Crippen LogP contribution in [0.3, 0.4) is 0 Å². The number of phenols is 1. The number of thiophene rings is 1. The fourth-order valence-corrected chi connectivity index (χ4v) is 5.74. The minimum Gasteiger partial charge on any atom is -0.508 e. The lowest BCUT2D eigenvalue weighted by Gasteiger charge is -2.34. The Bertz CT molecular complexity index is 1050. The van der Waals surface area contributed by atoms with Crippen LogP contribution in [0.25, 0.3) is 10.2 Å². The van der Waals surface area contributed by atoms with E-state index in [2.05, 4.69) is 35.8 Å². The van der Waals surface area contributed by atoms with Crippen molar-refractivity contribution < 1.29 is 9.84 Å². The highest BCUT2D eigenvalue weighted by Crippen LogP contribution is 2.38. The molecule has 2 saturated heterocycles. The average Bonchev–Trinajstić information content (AvgIpc) is 3.08. The van der Waals surface area contributed by atoms with Crippen molar-refractivity contribution in [1.82, 2.24) is 14.9 Å². The molecule has 0 radical (unpaired) electrons. The van der Waals surface area contributed by atoms with Crippen molar-refractivity contribution in [3.05, 3.63) is 46.1 Å². The van der Waals surface area contributed by atoms with E-state index in [0.717, 1.165) is 75.3 Å². The van der Waals surface area contributed by atoms with Crippen LogP contribution in [0.1, 0.15) is 40.6 Å². The van der Waals surface area contributed by atoms with E-state index >= 15 is 0 Å². The fourth-order valence-electron chi connectivity index (χ4n) is 4.70. The zero-order chi connectivity index (χ0) is 21.4. The summed E-state index contributed by atoms with van der Waals surface area (Å²) in [6.07, 6.45) is 2.19. The van der Waals surface area contributed by atoms with Crippen molar-refractivity contribution in [1.29, 1.82) is 0 Å². The van der Waals surface area contributed by atoms with E-state index in [1.165, 1.54) is 21.4 Å². The first-order chi connectivity index (χ1) is 15.1. The zero-order valence-electron chi connectivity index (χ0n) is 18.3. The van der Waals surface area contributed by atoms with Gasteiger partial charge in [-0.25, -0.2) is 9.97 Å². The van der Waals surface area contributed by atoms with Crippen LogP contribution in [-0.2, 0) is 11.3 Å². The Morgan fingerprint density at radius 2 is 1.74 bits per heavy atom. The van der Waals surface area contributed by atoms with Gasteiger partial charge in [0.15, 0.2) is 0 Å². The molecule has 3 aromatic rings. The number of nitrogens with zero attached hydrogens (tertiary/aromatic N) is 4. The van der Waals surface area contributed by atoms with Crippen LogP contribution in [0.2, 0.25) is 0 Å². The lowest BCUT2D eigenvalue weighted by Crippen LogP contribution is -2.37. The Labute approximate surface area is 187 Å². The van der Waals surface area contributed by atoms with Gasteiger partial charge in [-0.2, -0.15) is 0 Å². The minimum atomic E-state index is 0.334. The molecule has 4 heterocycles. The molecule has 0 unspecified atom stereocenters. The molecule has 1 aromatic carbocycles. The molecule has 0 bridgehead atoms. The van der Waals surface area contributed by atoms with Crippen LogP contribution in [0.4, 0.5) is 5.82 Å². The first-order valence-corrected chi connectivity index (χ1v) is 12.0. The number of benzene rings is 1. The number of aromatic hydroxyl groups is 1. The van der Waals surface area contributed by atoms with Crippen LogP contribution in [0.5, 0.6) is 5.75 Å². The average molecular weight is 439 g/mol. The van der Waals surface area contributed by atoms with Gasteiger partial charge in [-0.05, 0) is 55.9 Å². The summed E-state index contributed by atoms with van der Waals surface area (Å²) in [5, 5.41) is 10.8. The van der Waals surface area contributed by atoms with Gasteiger partial charge < -0.3 is 14.7 Å². The second-order valence-corrected chi connectivity index (χ2v) is 9.87. The molecule has 6 nitrogen and oxygen atoms in total. The number of phenolic OH excluding ortho intramolecular Hbond substituents is 1. The van der Waals surface area contributed by atoms with Crippen LogP contribution < -0.4 is 4.90 Å². The Kier molecular flexibility index (Phi) is 5.82. The predicted molar refractivity (Wildman–Crippen MR) is 125 cm³/mol. The molecule has 5 rings (SSSR count). The highest BCUT2D eigenvalue weighted by atomic mass is 32.1. The maximum absolute atomic E-state index is 9.59. The summed E-state index contributed by atoms with van der Waals surface area (Å²) in [5.74, 6) is 2.90. The molecule has 0 atom stereocenters. The van der Waals surface area contributed by atoms with E-state index < -0.39 is 0 Å². The first-order valence-electron chi connectivity index (χ1n) is 11.2. The van der Waals surface area contributed by atoms with Crippen molar-refractivity contribution in [2.24, 2.45) is 0 Å². The van der Waals surface area contributed by atoms with Gasteiger partial charge in [0.25, 0.3) is 0 Å². The summed E-state index contributed by atoms with van der Waals surface area (Å²) in [4.78, 5) is 17.4. The lowest BCUT2D eigenvalue weighted by atomic mass is 9.89. The number of aryl methyl sites for hydroxylation is 2. The smallest absolute Gasteiger partial charge is 0.146 e. The lowest BCUT2D eigenvalue weighted by molar-refractivity contribution is 0.0331. The molecule has 2 aliphatic heterocycles. The van der Waals surface area contributed by atoms with Gasteiger partial charge in [0.05, 0.1) is 25.1 Å². The largest absolute Gasteiger partial charge is 0.508 e. The van der Waals surface area contributed by atoms with Crippen LogP contribution in [0.15, 0.2) is 24.3 Å². The first kappa shape index (κ1) is 20.7. The number of hydrogen-bond donors (Lipinski definition) is 1. The number of anilines is 1. The Morgan fingerprint density at radius 1 is 1.03 bits per heavy atom. The van der Waals surface area contributed by atoms with Gasteiger partial charge in [0.1, 0.15) is 22.2 Å². The van der Waals surface area contributed by atoms with Crippen molar-refractivity contribution >= 4 is 27.4 Å². The third-order valence-corrected chi connectivity index (χ3v) is 7.78. The fraction of sp³-hybridized carbons (Fsp3) is 0.500. The molecule has 2 fully saturated rings. The summed E-state index contributed by atoms with van der Waals surface area (Å²) >= 11 is 1.79. The molecule has 31 heavy (non-hydrogen) atoms. The van der Waals surface area contributed by atoms with Gasteiger partial charge >= 0.3 is 0 Å². The number of hydrogen-bond acceptors (Lipinski definition) is 7. The zero-order valence-corrected chi connectivity index (χ0v) is 19.1. The summed E-state index contributed by atoms with van der Waals surface area (Å²) in [6, 6.07) is 7.72. The maximum Gasteiger partial charge on any atom is 0.146 e. The van der Waals surface area contributed by atoms with Crippen molar-refractivity contribution in [3.63, 3.8) is 0 Å². The second kappa shape index (κ2) is 8.73. The van der Waals surface area contributed by atoms with Gasteiger partial charge in [-0.1, -0.05) is 12.1 Å². The third-order valence-electron chi connectivity index (χ3n) is 6.68. The topological polar surface area (TPSA) is 61.7 Å². The van der Waals surface area contributed by atoms with E-state index in [9.17, 15) is 5.11 Å². The number of morpholine rings is 1. The minimum absolute atomic E-state index is 0.334. The summed E-state index contributed by atoms with van der Waals surface area (Å²) < 4.78 is 5.50. The molecule has 2 aliphatic rings. The molecule has 1 N–H and O–H groups in total. The summed E-state index contributed by atoms with van der Waals surface area (Å²) in [6.45, 7) is 10.6. The number of fused-ring (bicyclic) bond motifs is 1. The van der Waals surface area contributed by atoms with Crippen molar-refractivity contribution in [3.8, 4) is 5.75 Å². The molecule has 0 spiro atoms. The number of rotatable bonds is 4. The van der Waals surface area contributed by atoms with Gasteiger partial charge in [-0.3, -0.25) is 4.90 Å². The monoisotopic (exact) mass is 438 g/mol. The molecule has 0 saturated carbocycles. The van der Waals surface area contributed by atoms with Gasteiger partial charge in [-0.15, -0.1) is 11.3 Å².